The Bertz CT molecular complexity index is 821. The largest absolute Gasteiger partial charge is 0.491 e. The molecule has 0 radical (unpaired) electrons. The standard InChI is InChI=1S/C19H21N2O2S/c1-15-9-11-19(12-10-15)24(22,23)21-20-14-16-5-4-8-18(13-16)17-6-2-3-7-17/h4-5,8-14,17H,2-3,6-7H2,1H3/q-1/b20-14-. The summed E-state index contributed by atoms with van der Waals surface area (Å²) in [4.78, 5) is 3.68. The SMILES string of the molecule is Cc1ccc(S(=O)(=O)[N-]/N=C\c2cccc(C3CCCC3)c2)cc1. The van der Waals surface area contributed by atoms with Gasteiger partial charge in [0.2, 0.25) is 0 Å². The van der Waals surface area contributed by atoms with Crippen LogP contribution in [0.3, 0.4) is 0 Å². The molecule has 3 rings (SSSR count). The quantitative estimate of drug-likeness (QED) is 0.582. The highest BCUT2D eigenvalue weighted by Gasteiger charge is 2.16. The van der Waals surface area contributed by atoms with E-state index in [1.54, 1.807) is 24.3 Å². The molecule has 1 aliphatic rings. The Hall–Kier alpha value is -2.14. The summed E-state index contributed by atoms with van der Waals surface area (Å²) < 4.78 is 24.3. The normalized spacial score (nSPS) is 15.9. The monoisotopic (exact) mass is 341 g/mol. The third-order valence-corrected chi connectivity index (χ3v) is 5.59. The average Bonchev–Trinajstić information content (AvgIpc) is 3.10. The van der Waals surface area contributed by atoms with Crippen LogP contribution < -0.4 is 0 Å². The molecule has 0 aromatic heterocycles. The molecule has 2 aromatic carbocycles. The first kappa shape index (κ1) is 16.7. The van der Waals surface area contributed by atoms with E-state index in [4.69, 9.17) is 0 Å². The number of sulfonamides is 1. The minimum Gasteiger partial charge on any atom is -0.491 e. The fourth-order valence-electron chi connectivity index (χ4n) is 3.06. The summed E-state index contributed by atoms with van der Waals surface area (Å²) in [6, 6.07) is 14.7. The summed E-state index contributed by atoms with van der Waals surface area (Å²) in [6.07, 6.45) is 6.53. The topological polar surface area (TPSA) is 60.6 Å². The Morgan fingerprint density at radius 1 is 1.08 bits per heavy atom. The summed E-state index contributed by atoms with van der Waals surface area (Å²) in [5, 5.41) is 3.79. The van der Waals surface area contributed by atoms with Gasteiger partial charge in [-0.1, -0.05) is 54.8 Å². The molecule has 0 heterocycles. The Labute approximate surface area is 143 Å². The van der Waals surface area contributed by atoms with Crippen molar-refractivity contribution in [1.29, 1.82) is 0 Å². The van der Waals surface area contributed by atoms with Gasteiger partial charge in [0.1, 0.15) is 10.0 Å². The smallest absolute Gasteiger partial charge is 0.135 e. The van der Waals surface area contributed by atoms with Crippen molar-refractivity contribution in [2.45, 2.75) is 43.4 Å². The Balaban J connectivity index is 1.69. The van der Waals surface area contributed by atoms with E-state index in [9.17, 15) is 8.42 Å². The molecule has 5 heteroatoms. The van der Waals surface area contributed by atoms with Crippen LogP contribution in [-0.4, -0.2) is 14.6 Å². The van der Waals surface area contributed by atoms with Crippen molar-refractivity contribution < 1.29 is 8.42 Å². The molecule has 1 fully saturated rings. The second-order valence-electron chi connectivity index (χ2n) is 6.27. The summed E-state index contributed by atoms with van der Waals surface area (Å²) in [5.74, 6) is 0.617. The van der Waals surface area contributed by atoms with E-state index in [0.717, 1.165) is 11.1 Å². The number of rotatable bonds is 5. The number of hydrogen-bond acceptors (Lipinski definition) is 3. The van der Waals surface area contributed by atoms with Gasteiger partial charge < -0.3 is 9.93 Å². The molecule has 1 aliphatic carbocycles. The molecule has 126 valence electrons. The van der Waals surface area contributed by atoms with Crippen LogP contribution in [0.2, 0.25) is 0 Å². The molecule has 4 nitrogen and oxygen atoms in total. The maximum absolute atomic E-state index is 12.1. The van der Waals surface area contributed by atoms with Crippen molar-refractivity contribution >= 4 is 16.2 Å². The molecular formula is C19H21N2O2S-. The molecule has 0 saturated heterocycles. The Morgan fingerprint density at radius 3 is 2.50 bits per heavy atom. The molecule has 0 spiro atoms. The van der Waals surface area contributed by atoms with Crippen molar-refractivity contribution in [2.75, 3.05) is 0 Å². The molecular weight excluding hydrogens is 320 g/mol. The van der Waals surface area contributed by atoms with E-state index in [1.165, 1.54) is 37.5 Å². The zero-order valence-corrected chi connectivity index (χ0v) is 14.5. The second kappa shape index (κ2) is 7.18. The third kappa shape index (κ3) is 4.03. The van der Waals surface area contributed by atoms with E-state index in [-0.39, 0.29) is 4.90 Å². The Kier molecular flexibility index (Phi) is 5.00. The highest BCUT2D eigenvalue weighted by atomic mass is 32.2. The van der Waals surface area contributed by atoms with Gasteiger partial charge in [-0.25, -0.2) is 8.42 Å². The zero-order chi connectivity index (χ0) is 17.0. The van der Waals surface area contributed by atoms with Crippen LogP contribution in [0.25, 0.3) is 4.83 Å². The van der Waals surface area contributed by atoms with Crippen LogP contribution in [0.4, 0.5) is 0 Å². The number of benzene rings is 2. The maximum atomic E-state index is 12.1. The molecule has 0 amide bonds. The van der Waals surface area contributed by atoms with E-state index in [0.29, 0.717) is 5.92 Å². The predicted octanol–water partition coefficient (Wildman–Crippen LogP) is 4.75. The second-order valence-corrected chi connectivity index (χ2v) is 7.85. The first-order valence-corrected chi connectivity index (χ1v) is 9.65. The Morgan fingerprint density at radius 2 is 1.79 bits per heavy atom. The molecule has 0 bridgehead atoms. The van der Waals surface area contributed by atoms with Crippen LogP contribution in [0.1, 0.15) is 48.3 Å². The van der Waals surface area contributed by atoms with Gasteiger partial charge in [0.25, 0.3) is 0 Å². The highest BCUT2D eigenvalue weighted by Crippen LogP contribution is 2.34. The van der Waals surface area contributed by atoms with E-state index in [1.807, 2.05) is 19.1 Å². The van der Waals surface area contributed by atoms with Gasteiger partial charge in [-0.3, -0.25) is 0 Å². The third-order valence-electron chi connectivity index (χ3n) is 4.42. The van der Waals surface area contributed by atoms with Gasteiger partial charge in [0.15, 0.2) is 0 Å². The summed E-state index contributed by atoms with van der Waals surface area (Å²) >= 11 is 0. The molecule has 0 aliphatic heterocycles. The van der Waals surface area contributed by atoms with E-state index >= 15 is 0 Å². The van der Waals surface area contributed by atoms with Crippen molar-refractivity contribution in [3.63, 3.8) is 0 Å². The van der Waals surface area contributed by atoms with Crippen LogP contribution in [0.15, 0.2) is 58.5 Å². The first-order valence-electron chi connectivity index (χ1n) is 8.21. The molecule has 0 atom stereocenters. The first-order chi connectivity index (χ1) is 11.5. The van der Waals surface area contributed by atoms with Gasteiger partial charge in [0.05, 0.1) is 4.90 Å². The molecule has 1 saturated carbocycles. The highest BCUT2D eigenvalue weighted by molar-refractivity contribution is 7.93. The summed E-state index contributed by atoms with van der Waals surface area (Å²) in [7, 11) is -3.75. The van der Waals surface area contributed by atoms with Gasteiger partial charge in [-0.05, 0) is 48.9 Å². The lowest BCUT2D eigenvalue weighted by molar-refractivity contribution is 0.602. The van der Waals surface area contributed by atoms with E-state index < -0.39 is 10.0 Å². The maximum Gasteiger partial charge on any atom is 0.135 e. The van der Waals surface area contributed by atoms with Crippen LogP contribution in [0.5, 0.6) is 0 Å². The number of aryl methyl sites for hydroxylation is 1. The van der Waals surface area contributed by atoms with Crippen molar-refractivity contribution in [3.8, 4) is 0 Å². The fraction of sp³-hybridized carbons (Fsp3) is 0.316. The van der Waals surface area contributed by atoms with Gasteiger partial charge in [-0.15, -0.1) is 0 Å². The predicted molar refractivity (Wildman–Crippen MR) is 97.0 cm³/mol. The van der Waals surface area contributed by atoms with Crippen molar-refractivity contribution in [3.05, 3.63) is 70.1 Å². The minimum atomic E-state index is -3.75. The number of hydrogen-bond donors (Lipinski definition) is 0. The van der Waals surface area contributed by atoms with Crippen LogP contribution in [-0.2, 0) is 10.0 Å². The molecule has 0 N–H and O–H groups in total. The van der Waals surface area contributed by atoms with Crippen LogP contribution in [0, 0.1) is 6.92 Å². The average molecular weight is 341 g/mol. The van der Waals surface area contributed by atoms with Crippen molar-refractivity contribution in [1.82, 2.24) is 0 Å². The fourth-order valence-corrected chi connectivity index (χ4v) is 3.81. The molecule has 2 aromatic rings. The lowest BCUT2D eigenvalue weighted by atomic mass is 9.96. The summed E-state index contributed by atoms with van der Waals surface area (Å²) in [6.45, 7) is 1.91. The van der Waals surface area contributed by atoms with Gasteiger partial charge in [0, 0.05) is 6.21 Å². The molecule has 0 unspecified atom stereocenters. The van der Waals surface area contributed by atoms with E-state index in [2.05, 4.69) is 22.1 Å². The minimum absolute atomic E-state index is 0.157. The molecule has 24 heavy (non-hydrogen) atoms. The zero-order valence-electron chi connectivity index (χ0n) is 13.7. The lowest BCUT2D eigenvalue weighted by Gasteiger charge is -2.16. The van der Waals surface area contributed by atoms with Gasteiger partial charge in [-0.2, -0.15) is 0 Å². The number of nitrogens with zero attached hydrogens (tertiary/aromatic N) is 2. The lowest BCUT2D eigenvalue weighted by Crippen LogP contribution is -1.98. The van der Waals surface area contributed by atoms with Crippen LogP contribution >= 0.6 is 0 Å². The van der Waals surface area contributed by atoms with Crippen molar-refractivity contribution in [2.24, 2.45) is 5.10 Å². The van der Waals surface area contributed by atoms with Gasteiger partial charge >= 0.3 is 0 Å². The summed E-state index contributed by atoms with van der Waals surface area (Å²) in [5.41, 5.74) is 3.18.